The zero-order chi connectivity index (χ0) is 16.2. The van der Waals surface area contributed by atoms with Gasteiger partial charge in [-0.25, -0.2) is 13.6 Å². The predicted molar refractivity (Wildman–Crippen MR) is 77.3 cm³/mol. The van der Waals surface area contributed by atoms with Crippen molar-refractivity contribution in [3.63, 3.8) is 0 Å². The Labute approximate surface area is 127 Å². The third-order valence-corrected chi connectivity index (χ3v) is 2.80. The molecular formula is C14H19ClF2N2O2. The molecule has 0 fully saturated rings. The molecule has 0 aliphatic rings. The molecule has 0 radical (unpaired) electrons. The second-order valence-electron chi connectivity index (χ2n) is 5.67. The SMILES string of the molecule is CC(C)(C)OC(=O)NCC(N)Cc1c(F)ccc(Cl)c1F. The zero-order valence-electron chi connectivity index (χ0n) is 12.2. The fourth-order valence-corrected chi connectivity index (χ4v) is 1.80. The van der Waals surface area contributed by atoms with Gasteiger partial charge in [0, 0.05) is 18.2 Å². The molecule has 0 aliphatic carbocycles. The fraction of sp³-hybridized carbons (Fsp3) is 0.500. The van der Waals surface area contributed by atoms with Gasteiger partial charge in [-0.05, 0) is 39.3 Å². The number of nitrogens with one attached hydrogen (secondary N) is 1. The van der Waals surface area contributed by atoms with Crippen LogP contribution >= 0.6 is 11.6 Å². The number of halogens is 3. The maximum Gasteiger partial charge on any atom is 0.407 e. The number of nitrogens with two attached hydrogens (primary N) is 1. The average molecular weight is 321 g/mol. The van der Waals surface area contributed by atoms with Gasteiger partial charge in [0.2, 0.25) is 0 Å². The van der Waals surface area contributed by atoms with Gasteiger partial charge >= 0.3 is 6.09 Å². The molecule has 1 atom stereocenters. The van der Waals surface area contributed by atoms with Crippen molar-refractivity contribution in [3.8, 4) is 0 Å². The van der Waals surface area contributed by atoms with Crippen molar-refractivity contribution in [2.24, 2.45) is 5.73 Å². The van der Waals surface area contributed by atoms with E-state index in [0.717, 1.165) is 12.1 Å². The highest BCUT2D eigenvalue weighted by atomic mass is 35.5. The summed E-state index contributed by atoms with van der Waals surface area (Å²) in [6.45, 7) is 5.20. The number of carbonyl (C=O) groups is 1. The van der Waals surface area contributed by atoms with Crippen molar-refractivity contribution >= 4 is 17.7 Å². The van der Waals surface area contributed by atoms with Gasteiger partial charge in [-0.3, -0.25) is 0 Å². The Hall–Kier alpha value is -1.40. The van der Waals surface area contributed by atoms with E-state index in [1.165, 1.54) is 0 Å². The minimum Gasteiger partial charge on any atom is -0.444 e. The van der Waals surface area contributed by atoms with E-state index in [-0.39, 0.29) is 23.6 Å². The number of amides is 1. The van der Waals surface area contributed by atoms with Crippen LogP contribution in [-0.2, 0) is 11.2 Å². The third kappa shape index (κ3) is 5.85. The van der Waals surface area contributed by atoms with Crippen LogP contribution in [0.2, 0.25) is 5.02 Å². The topological polar surface area (TPSA) is 64.3 Å². The molecule has 3 N–H and O–H groups in total. The highest BCUT2D eigenvalue weighted by Crippen LogP contribution is 2.21. The summed E-state index contributed by atoms with van der Waals surface area (Å²) in [5.41, 5.74) is 4.94. The van der Waals surface area contributed by atoms with E-state index >= 15 is 0 Å². The quantitative estimate of drug-likeness (QED) is 0.838. The molecule has 0 aliphatic heterocycles. The number of benzene rings is 1. The molecule has 1 rings (SSSR count). The van der Waals surface area contributed by atoms with Gasteiger partial charge in [0.05, 0.1) is 5.02 Å². The van der Waals surface area contributed by atoms with Crippen LogP contribution in [-0.4, -0.2) is 24.3 Å². The normalized spacial score (nSPS) is 12.9. The van der Waals surface area contributed by atoms with Crippen LogP contribution in [0, 0.1) is 11.6 Å². The Morgan fingerprint density at radius 3 is 2.62 bits per heavy atom. The second kappa shape index (κ2) is 7.04. The summed E-state index contributed by atoms with van der Waals surface area (Å²) in [4.78, 5) is 11.4. The summed E-state index contributed by atoms with van der Waals surface area (Å²) in [5, 5.41) is 2.28. The summed E-state index contributed by atoms with van der Waals surface area (Å²) >= 11 is 5.60. The Balaban J connectivity index is 2.57. The molecule has 0 bridgehead atoms. The number of hydrogen-bond acceptors (Lipinski definition) is 3. The molecule has 7 heteroatoms. The standard InChI is InChI=1S/C14H19ClF2N2O2/c1-14(2,3)21-13(20)19-7-8(18)6-9-11(16)5-4-10(15)12(9)17/h4-5,8H,6-7,18H2,1-3H3,(H,19,20). The summed E-state index contributed by atoms with van der Waals surface area (Å²) < 4.78 is 32.3. The Bertz CT molecular complexity index is 518. The number of carbonyl (C=O) groups excluding carboxylic acids is 1. The minimum absolute atomic E-state index is 0.0281. The van der Waals surface area contributed by atoms with Gasteiger partial charge in [-0.2, -0.15) is 0 Å². The average Bonchev–Trinajstić information content (AvgIpc) is 2.35. The van der Waals surface area contributed by atoms with Crippen molar-refractivity contribution < 1.29 is 18.3 Å². The monoisotopic (exact) mass is 320 g/mol. The maximum atomic E-state index is 13.7. The van der Waals surface area contributed by atoms with E-state index in [1.807, 2.05) is 0 Å². The molecule has 0 saturated heterocycles. The highest BCUT2D eigenvalue weighted by molar-refractivity contribution is 6.30. The van der Waals surface area contributed by atoms with Crippen molar-refractivity contribution in [2.75, 3.05) is 6.54 Å². The summed E-state index contributed by atoms with van der Waals surface area (Å²) in [6, 6.07) is 1.55. The van der Waals surface area contributed by atoms with Gasteiger partial charge in [0.1, 0.15) is 17.2 Å². The van der Waals surface area contributed by atoms with Crippen LogP contribution in [0.4, 0.5) is 13.6 Å². The number of hydrogen-bond donors (Lipinski definition) is 2. The first-order valence-electron chi connectivity index (χ1n) is 6.45. The molecule has 0 spiro atoms. The summed E-state index contributed by atoms with van der Waals surface area (Å²) in [5.74, 6) is -1.55. The summed E-state index contributed by atoms with van der Waals surface area (Å²) in [6.07, 6.45) is -0.724. The molecule has 0 saturated carbocycles. The lowest BCUT2D eigenvalue weighted by Gasteiger charge is -2.21. The highest BCUT2D eigenvalue weighted by Gasteiger charge is 2.19. The Morgan fingerprint density at radius 2 is 2.05 bits per heavy atom. The molecule has 1 aromatic rings. The van der Waals surface area contributed by atoms with E-state index in [4.69, 9.17) is 22.1 Å². The van der Waals surface area contributed by atoms with E-state index in [0.29, 0.717) is 0 Å². The minimum atomic E-state index is -0.829. The molecule has 0 heterocycles. The van der Waals surface area contributed by atoms with Gasteiger partial charge in [-0.15, -0.1) is 0 Å². The lowest BCUT2D eigenvalue weighted by molar-refractivity contribution is 0.0524. The van der Waals surface area contributed by atoms with Crippen molar-refractivity contribution in [2.45, 2.75) is 38.8 Å². The van der Waals surface area contributed by atoms with Crippen molar-refractivity contribution in [1.82, 2.24) is 5.32 Å². The molecular weight excluding hydrogens is 302 g/mol. The van der Waals surface area contributed by atoms with Gasteiger partial charge in [-0.1, -0.05) is 11.6 Å². The third-order valence-electron chi connectivity index (χ3n) is 2.51. The molecule has 1 amide bonds. The molecule has 21 heavy (non-hydrogen) atoms. The molecule has 118 valence electrons. The smallest absolute Gasteiger partial charge is 0.407 e. The summed E-state index contributed by atoms with van der Waals surface area (Å²) in [7, 11) is 0. The van der Waals surface area contributed by atoms with Crippen LogP contribution in [0.15, 0.2) is 12.1 Å². The largest absolute Gasteiger partial charge is 0.444 e. The Kier molecular flexibility index (Phi) is 5.92. The Morgan fingerprint density at radius 1 is 1.43 bits per heavy atom. The van der Waals surface area contributed by atoms with E-state index in [1.54, 1.807) is 20.8 Å². The lowest BCUT2D eigenvalue weighted by Crippen LogP contribution is -2.41. The fourth-order valence-electron chi connectivity index (χ4n) is 1.62. The first kappa shape index (κ1) is 17.7. The van der Waals surface area contributed by atoms with E-state index in [9.17, 15) is 13.6 Å². The van der Waals surface area contributed by atoms with Crippen molar-refractivity contribution in [1.29, 1.82) is 0 Å². The van der Waals surface area contributed by atoms with Gasteiger partial charge in [0.15, 0.2) is 0 Å². The van der Waals surface area contributed by atoms with Crippen LogP contribution in [0.3, 0.4) is 0 Å². The number of alkyl carbamates (subject to hydrolysis) is 1. The van der Waals surface area contributed by atoms with Gasteiger partial charge in [0.25, 0.3) is 0 Å². The second-order valence-corrected chi connectivity index (χ2v) is 6.08. The molecule has 1 aromatic carbocycles. The van der Waals surface area contributed by atoms with Crippen LogP contribution in [0.25, 0.3) is 0 Å². The van der Waals surface area contributed by atoms with E-state index < -0.39 is 29.4 Å². The first-order chi connectivity index (χ1) is 9.60. The molecule has 0 aromatic heterocycles. The van der Waals surface area contributed by atoms with Crippen molar-refractivity contribution in [3.05, 3.63) is 34.4 Å². The first-order valence-corrected chi connectivity index (χ1v) is 6.82. The maximum absolute atomic E-state index is 13.7. The van der Waals surface area contributed by atoms with Crippen LogP contribution < -0.4 is 11.1 Å². The van der Waals surface area contributed by atoms with E-state index in [2.05, 4.69) is 5.32 Å². The van der Waals surface area contributed by atoms with Crippen LogP contribution in [0.1, 0.15) is 26.3 Å². The van der Waals surface area contributed by atoms with Crippen LogP contribution in [0.5, 0.6) is 0 Å². The predicted octanol–water partition coefficient (Wildman–Crippen LogP) is 3.01. The lowest BCUT2D eigenvalue weighted by atomic mass is 10.1. The molecule has 1 unspecified atom stereocenters. The zero-order valence-corrected chi connectivity index (χ0v) is 12.9. The number of ether oxygens (including phenoxy) is 1. The van der Waals surface area contributed by atoms with Gasteiger partial charge < -0.3 is 15.8 Å². The molecule has 4 nitrogen and oxygen atoms in total. The number of rotatable bonds is 4.